The Bertz CT molecular complexity index is 235. The minimum absolute atomic E-state index is 0.000649. The monoisotopic (exact) mass is 170 g/mol. The highest BCUT2D eigenvalue weighted by molar-refractivity contribution is 6.13. The van der Waals surface area contributed by atoms with E-state index in [9.17, 15) is 9.59 Å². The lowest BCUT2D eigenvalue weighted by molar-refractivity contribution is -0.124. The molecule has 3 N–H and O–H groups in total. The number of aliphatic hydroxyl groups excluding tert-OH is 1. The van der Waals surface area contributed by atoms with Crippen molar-refractivity contribution in [3.05, 3.63) is 11.8 Å². The second kappa shape index (κ2) is 3.87. The van der Waals surface area contributed by atoms with Crippen molar-refractivity contribution in [2.24, 2.45) is 0 Å². The van der Waals surface area contributed by atoms with Crippen molar-refractivity contribution in [1.82, 2.24) is 10.6 Å². The molecular formula is C7H10N2O3. The fraction of sp³-hybridized carbons (Fsp3) is 0.429. The molecule has 2 amide bonds. The van der Waals surface area contributed by atoms with E-state index in [0.29, 0.717) is 12.1 Å². The van der Waals surface area contributed by atoms with Gasteiger partial charge in [-0.3, -0.25) is 14.9 Å². The first-order valence-corrected chi connectivity index (χ1v) is 3.61. The van der Waals surface area contributed by atoms with Gasteiger partial charge in [0.2, 0.25) is 5.91 Å². The molecule has 5 nitrogen and oxygen atoms in total. The molecule has 0 bridgehead atoms. The number of rotatable bonds is 3. The first-order chi connectivity index (χ1) is 5.74. The number of carbonyl (C=O) groups excluding carboxylic acids is 2. The average molecular weight is 170 g/mol. The zero-order valence-electron chi connectivity index (χ0n) is 6.46. The second-order valence-corrected chi connectivity index (χ2v) is 2.40. The molecule has 0 atom stereocenters. The quantitative estimate of drug-likeness (QED) is 0.273. The van der Waals surface area contributed by atoms with E-state index in [1.165, 1.54) is 6.20 Å². The summed E-state index contributed by atoms with van der Waals surface area (Å²) in [6, 6.07) is 0. The van der Waals surface area contributed by atoms with Gasteiger partial charge < -0.3 is 10.4 Å². The van der Waals surface area contributed by atoms with Gasteiger partial charge in [-0.2, -0.15) is 0 Å². The molecule has 1 heterocycles. The van der Waals surface area contributed by atoms with Crippen molar-refractivity contribution in [2.45, 2.75) is 6.42 Å². The fourth-order valence-electron chi connectivity index (χ4n) is 0.881. The smallest absolute Gasteiger partial charge is 0.255 e. The highest BCUT2D eigenvalue weighted by atomic mass is 16.3. The van der Waals surface area contributed by atoms with Crippen molar-refractivity contribution in [3.8, 4) is 0 Å². The summed E-state index contributed by atoms with van der Waals surface area (Å²) in [7, 11) is 0. The number of imide groups is 1. The summed E-state index contributed by atoms with van der Waals surface area (Å²) in [5, 5.41) is 13.2. The molecule has 0 saturated carbocycles. The van der Waals surface area contributed by atoms with Crippen LogP contribution in [0.4, 0.5) is 0 Å². The molecule has 1 rings (SSSR count). The Morgan fingerprint density at radius 3 is 2.83 bits per heavy atom. The normalized spacial score (nSPS) is 19.9. The molecule has 0 spiro atoms. The molecule has 0 aromatic rings. The Kier molecular flexibility index (Phi) is 2.82. The van der Waals surface area contributed by atoms with Crippen LogP contribution in [0.15, 0.2) is 11.8 Å². The fourth-order valence-corrected chi connectivity index (χ4v) is 0.881. The lowest BCUT2D eigenvalue weighted by Gasteiger charge is -1.96. The summed E-state index contributed by atoms with van der Waals surface area (Å²) in [5.74, 6) is -0.637. The Morgan fingerprint density at radius 1 is 1.58 bits per heavy atom. The van der Waals surface area contributed by atoms with E-state index < -0.39 is 0 Å². The van der Waals surface area contributed by atoms with Crippen LogP contribution in [0.3, 0.4) is 0 Å². The van der Waals surface area contributed by atoms with Crippen molar-refractivity contribution in [3.63, 3.8) is 0 Å². The summed E-state index contributed by atoms with van der Waals surface area (Å²) in [5.41, 5.74) is 0.411. The molecule has 0 radical (unpaired) electrons. The van der Waals surface area contributed by atoms with Crippen LogP contribution in [0.2, 0.25) is 0 Å². The predicted molar refractivity (Wildman–Crippen MR) is 40.9 cm³/mol. The van der Waals surface area contributed by atoms with Gasteiger partial charge in [-0.05, 0) is 0 Å². The van der Waals surface area contributed by atoms with Crippen molar-refractivity contribution < 1.29 is 14.7 Å². The molecule has 12 heavy (non-hydrogen) atoms. The van der Waals surface area contributed by atoms with Crippen LogP contribution >= 0.6 is 0 Å². The van der Waals surface area contributed by atoms with Gasteiger partial charge in [0.05, 0.1) is 13.0 Å². The van der Waals surface area contributed by atoms with Gasteiger partial charge in [-0.25, -0.2) is 0 Å². The third-order valence-electron chi connectivity index (χ3n) is 1.43. The summed E-state index contributed by atoms with van der Waals surface area (Å²) in [6.45, 7) is 0.379. The maximum absolute atomic E-state index is 10.9. The number of nitrogens with one attached hydrogen (secondary N) is 2. The molecule has 0 unspecified atom stereocenters. The molecular weight excluding hydrogens is 160 g/mol. The Balaban J connectivity index is 2.46. The SMILES string of the molecule is O=C1C/C(=C/NCCO)C(=O)N1. The molecule has 1 aliphatic rings. The summed E-state index contributed by atoms with van der Waals surface area (Å²) in [4.78, 5) is 21.5. The van der Waals surface area contributed by atoms with Crippen LogP contribution in [0, 0.1) is 0 Å². The third-order valence-corrected chi connectivity index (χ3v) is 1.43. The number of amides is 2. The Hall–Kier alpha value is -1.36. The van der Waals surface area contributed by atoms with Gasteiger partial charge in [0, 0.05) is 18.3 Å². The van der Waals surface area contributed by atoms with Gasteiger partial charge in [0.15, 0.2) is 0 Å². The zero-order chi connectivity index (χ0) is 8.97. The van der Waals surface area contributed by atoms with Crippen LogP contribution in [0.25, 0.3) is 0 Å². The summed E-state index contributed by atoms with van der Waals surface area (Å²) >= 11 is 0. The standard InChI is InChI=1S/C7H10N2O3/c10-2-1-8-4-5-3-6(11)9-7(5)12/h4,8,10H,1-3H2,(H,9,11,12)/b5-4-. The molecule has 1 aliphatic heterocycles. The molecule has 0 aromatic carbocycles. The van der Waals surface area contributed by atoms with Crippen molar-refractivity contribution >= 4 is 11.8 Å². The molecule has 1 saturated heterocycles. The highest BCUT2D eigenvalue weighted by Gasteiger charge is 2.23. The van der Waals surface area contributed by atoms with Crippen LogP contribution in [0.5, 0.6) is 0 Å². The van der Waals surface area contributed by atoms with Gasteiger partial charge in [-0.1, -0.05) is 0 Å². The van der Waals surface area contributed by atoms with Gasteiger partial charge in [0.1, 0.15) is 0 Å². The lowest BCUT2D eigenvalue weighted by atomic mass is 10.2. The minimum atomic E-state index is -0.356. The van der Waals surface area contributed by atoms with Crippen molar-refractivity contribution in [2.75, 3.05) is 13.2 Å². The summed E-state index contributed by atoms with van der Waals surface area (Å²) < 4.78 is 0. The lowest BCUT2D eigenvalue weighted by Crippen LogP contribution is -2.20. The number of carbonyl (C=O) groups is 2. The number of hydrogen-bond donors (Lipinski definition) is 3. The Labute approximate surface area is 69.5 Å². The molecule has 5 heteroatoms. The highest BCUT2D eigenvalue weighted by Crippen LogP contribution is 2.06. The zero-order valence-corrected chi connectivity index (χ0v) is 6.46. The van der Waals surface area contributed by atoms with E-state index >= 15 is 0 Å². The molecule has 0 aliphatic carbocycles. The minimum Gasteiger partial charge on any atom is -0.395 e. The van der Waals surface area contributed by atoms with E-state index in [1.807, 2.05) is 0 Å². The maximum atomic E-state index is 10.9. The van der Waals surface area contributed by atoms with Crippen LogP contribution in [-0.4, -0.2) is 30.1 Å². The molecule has 66 valence electrons. The van der Waals surface area contributed by atoms with Crippen LogP contribution < -0.4 is 10.6 Å². The number of hydrogen-bond acceptors (Lipinski definition) is 4. The van der Waals surface area contributed by atoms with E-state index in [2.05, 4.69) is 10.6 Å². The first-order valence-electron chi connectivity index (χ1n) is 3.61. The second-order valence-electron chi connectivity index (χ2n) is 2.40. The Morgan fingerprint density at radius 2 is 2.33 bits per heavy atom. The average Bonchev–Trinajstić information content (AvgIpc) is 2.31. The maximum Gasteiger partial charge on any atom is 0.255 e. The van der Waals surface area contributed by atoms with E-state index in [-0.39, 0.29) is 24.8 Å². The van der Waals surface area contributed by atoms with Crippen LogP contribution in [0.1, 0.15) is 6.42 Å². The predicted octanol–water partition coefficient (Wildman–Crippen LogP) is -1.50. The largest absolute Gasteiger partial charge is 0.395 e. The molecule has 1 fully saturated rings. The van der Waals surface area contributed by atoms with Crippen LogP contribution in [-0.2, 0) is 9.59 Å². The first kappa shape index (κ1) is 8.73. The van der Waals surface area contributed by atoms with Crippen molar-refractivity contribution in [1.29, 1.82) is 0 Å². The number of aliphatic hydroxyl groups is 1. The van der Waals surface area contributed by atoms with E-state index in [1.54, 1.807) is 0 Å². The third kappa shape index (κ3) is 2.06. The van der Waals surface area contributed by atoms with Gasteiger partial charge in [-0.15, -0.1) is 0 Å². The molecule has 0 aromatic heterocycles. The van der Waals surface area contributed by atoms with E-state index in [4.69, 9.17) is 5.11 Å². The summed E-state index contributed by atoms with van der Waals surface area (Å²) in [6.07, 6.45) is 1.58. The van der Waals surface area contributed by atoms with E-state index in [0.717, 1.165) is 0 Å². The van der Waals surface area contributed by atoms with Gasteiger partial charge in [0.25, 0.3) is 5.91 Å². The van der Waals surface area contributed by atoms with Gasteiger partial charge >= 0.3 is 0 Å². The topological polar surface area (TPSA) is 78.4 Å².